The van der Waals surface area contributed by atoms with Gasteiger partial charge in [0.2, 0.25) is 10.0 Å². The Kier molecular flexibility index (Phi) is 4.33. The van der Waals surface area contributed by atoms with Crippen LogP contribution in [0.2, 0.25) is 0 Å². The third-order valence-corrected chi connectivity index (χ3v) is 6.58. The summed E-state index contributed by atoms with van der Waals surface area (Å²) in [6.07, 6.45) is 2.30. The van der Waals surface area contributed by atoms with Gasteiger partial charge in [0.25, 0.3) is 0 Å². The SMILES string of the molecule is COC(=O)C1CCCN1S(=O)(=O)C1CCCC1C(=O)O. The Labute approximate surface area is 117 Å². The molecule has 1 saturated carbocycles. The highest BCUT2D eigenvalue weighted by Crippen LogP contribution is 2.36. The summed E-state index contributed by atoms with van der Waals surface area (Å²) in [6.45, 7) is 0.255. The third-order valence-electron chi connectivity index (χ3n) is 4.16. The molecule has 0 amide bonds. The first kappa shape index (κ1) is 15.2. The van der Waals surface area contributed by atoms with Crippen molar-refractivity contribution in [2.24, 2.45) is 5.92 Å². The van der Waals surface area contributed by atoms with Crippen molar-refractivity contribution in [3.63, 3.8) is 0 Å². The van der Waals surface area contributed by atoms with E-state index in [1.807, 2.05) is 0 Å². The van der Waals surface area contributed by atoms with Gasteiger partial charge in [0.15, 0.2) is 0 Å². The van der Waals surface area contributed by atoms with Crippen molar-refractivity contribution in [2.75, 3.05) is 13.7 Å². The molecule has 0 spiro atoms. The normalized spacial score (nSPS) is 31.4. The second kappa shape index (κ2) is 5.69. The van der Waals surface area contributed by atoms with Crippen LogP contribution in [0.25, 0.3) is 0 Å². The molecule has 0 aromatic rings. The van der Waals surface area contributed by atoms with Crippen LogP contribution in [0.3, 0.4) is 0 Å². The molecule has 3 unspecified atom stereocenters. The fourth-order valence-electron chi connectivity index (χ4n) is 3.16. The fourth-order valence-corrected chi connectivity index (χ4v) is 5.57. The Morgan fingerprint density at radius 3 is 2.50 bits per heavy atom. The molecule has 3 atom stereocenters. The average molecular weight is 305 g/mol. The second-order valence-electron chi connectivity index (χ2n) is 5.25. The standard InChI is InChI=1S/C12H19NO6S/c1-19-12(16)9-5-3-7-13(9)20(17,18)10-6-2-4-8(10)11(14)15/h8-10H,2-7H2,1H3,(H,14,15). The summed E-state index contributed by atoms with van der Waals surface area (Å²) in [5.74, 6) is -2.53. The molecule has 1 aliphatic carbocycles. The molecule has 0 aromatic heterocycles. The summed E-state index contributed by atoms with van der Waals surface area (Å²) in [4.78, 5) is 22.8. The molecule has 1 N–H and O–H groups in total. The maximum Gasteiger partial charge on any atom is 0.324 e. The Bertz CT molecular complexity index is 502. The van der Waals surface area contributed by atoms with Crippen LogP contribution in [0, 0.1) is 5.92 Å². The van der Waals surface area contributed by atoms with Crippen molar-refractivity contribution in [3.8, 4) is 0 Å². The number of carboxylic acid groups (broad SMARTS) is 1. The van der Waals surface area contributed by atoms with Gasteiger partial charge in [0.05, 0.1) is 18.3 Å². The summed E-state index contributed by atoms with van der Waals surface area (Å²) in [6, 6.07) is -0.806. The first-order valence-electron chi connectivity index (χ1n) is 6.71. The zero-order valence-electron chi connectivity index (χ0n) is 11.3. The van der Waals surface area contributed by atoms with Gasteiger partial charge in [-0.2, -0.15) is 4.31 Å². The lowest BCUT2D eigenvalue weighted by molar-refractivity contribution is -0.144. The highest BCUT2D eigenvalue weighted by Gasteiger charge is 2.48. The zero-order chi connectivity index (χ0) is 14.9. The van der Waals surface area contributed by atoms with E-state index in [9.17, 15) is 18.0 Å². The number of carbonyl (C=O) groups is 2. The topological polar surface area (TPSA) is 101 Å². The minimum atomic E-state index is -3.79. The fraction of sp³-hybridized carbons (Fsp3) is 0.833. The van der Waals surface area contributed by atoms with E-state index in [0.29, 0.717) is 32.1 Å². The molecular formula is C12H19NO6S. The molecule has 0 aromatic carbocycles. The number of hydrogen-bond acceptors (Lipinski definition) is 5. The number of aliphatic carboxylic acids is 1. The number of ether oxygens (including phenoxy) is 1. The van der Waals surface area contributed by atoms with Crippen LogP contribution in [0.1, 0.15) is 32.1 Å². The van der Waals surface area contributed by atoms with Crippen LogP contribution >= 0.6 is 0 Å². The minimum Gasteiger partial charge on any atom is -0.481 e. The van der Waals surface area contributed by atoms with Crippen LogP contribution in [-0.2, 0) is 24.3 Å². The highest BCUT2D eigenvalue weighted by molar-refractivity contribution is 7.89. The molecular weight excluding hydrogens is 286 g/mol. The van der Waals surface area contributed by atoms with Crippen LogP contribution in [0.15, 0.2) is 0 Å². The lowest BCUT2D eigenvalue weighted by atomic mass is 10.1. The van der Waals surface area contributed by atoms with Crippen molar-refractivity contribution >= 4 is 22.0 Å². The molecule has 114 valence electrons. The Morgan fingerprint density at radius 2 is 1.90 bits per heavy atom. The number of methoxy groups -OCH3 is 1. The maximum absolute atomic E-state index is 12.6. The zero-order valence-corrected chi connectivity index (χ0v) is 12.1. The van der Waals surface area contributed by atoms with E-state index in [2.05, 4.69) is 4.74 Å². The first-order chi connectivity index (χ1) is 9.39. The van der Waals surface area contributed by atoms with Crippen LogP contribution in [0.4, 0.5) is 0 Å². The molecule has 1 saturated heterocycles. The summed E-state index contributed by atoms with van der Waals surface area (Å²) in [5.41, 5.74) is 0. The van der Waals surface area contributed by atoms with Crippen molar-refractivity contribution < 1.29 is 27.9 Å². The predicted molar refractivity (Wildman–Crippen MR) is 69.4 cm³/mol. The molecule has 1 aliphatic heterocycles. The van der Waals surface area contributed by atoms with Crippen molar-refractivity contribution in [2.45, 2.75) is 43.4 Å². The van der Waals surface area contributed by atoms with Gasteiger partial charge in [-0.3, -0.25) is 9.59 Å². The monoisotopic (exact) mass is 305 g/mol. The van der Waals surface area contributed by atoms with Crippen molar-refractivity contribution in [1.29, 1.82) is 0 Å². The quantitative estimate of drug-likeness (QED) is 0.745. The van der Waals surface area contributed by atoms with E-state index in [1.54, 1.807) is 0 Å². The molecule has 2 aliphatic rings. The average Bonchev–Trinajstić information content (AvgIpc) is 3.06. The lowest BCUT2D eigenvalue weighted by Crippen LogP contribution is -2.47. The minimum absolute atomic E-state index is 0.255. The van der Waals surface area contributed by atoms with E-state index in [-0.39, 0.29) is 6.54 Å². The molecule has 0 bridgehead atoms. The Hall–Kier alpha value is -1.15. The smallest absolute Gasteiger partial charge is 0.324 e. The number of esters is 1. The second-order valence-corrected chi connectivity index (χ2v) is 7.36. The van der Waals surface area contributed by atoms with E-state index in [4.69, 9.17) is 5.11 Å². The van der Waals surface area contributed by atoms with Crippen molar-refractivity contribution in [3.05, 3.63) is 0 Å². The van der Waals surface area contributed by atoms with Crippen molar-refractivity contribution in [1.82, 2.24) is 4.31 Å². The van der Waals surface area contributed by atoms with Crippen LogP contribution in [-0.4, -0.2) is 54.7 Å². The van der Waals surface area contributed by atoms with Gasteiger partial charge in [-0.05, 0) is 25.7 Å². The number of carboxylic acids is 1. The molecule has 2 rings (SSSR count). The van der Waals surface area contributed by atoms with Gasteiger partial charge in [0, 0.05) is 6.54 Å². The Balaban J connectivity index is 2.25. The molecule has 7 nitrogen and oxygen atoms in total. The van der Waals surface area contributed by atoms with Gasteiger partial charge in [-0.25, -0.2) is 8.42 Å². The molecule has 8 heteroatoms. The summed E-state index contributed by atoms with van der Waals surface area (Å²) in [7, 11) is -2.56. The summed E-state index contributed by atoms with van der Waals surface area (Å²) < 4.78 is 31.0. The number of nitrogens with zero attached hydrogens (tertiary/aromatic N) is 1. The van der Waals surface area contributed by atoms with Gasteiger partial charge < -0.3 is 9.84 Å². The highest BCUT2D eigenvalue weighted by atomic mass is 32.2. The number of rotatable bonds is 4. The summed E-state index contributed by atoms with van der Waals surface area (Å²) in [5, 5.41) is 8.21. The number of carbonyl (C=O) groups excluding carboxylic acids is 1. The van der Waals surface area contributed by atoms with Gasteiger partial charge >= 0.3 is 11.9 Å². The van der Waals surface area contributed by atoms with Gasteiger partial charge in [-0.1, -0.05) is 6.42 Å². The third kappa shape index (κ3) is 2.54. The molecule has 2 fully saturated rings. The maximum atomic E-state index is 12.6. The van der Waals surface area contributed by atoms with Gasteiger partial charge in [0.1, 0.15) is 6.04 Å². The Morgan fingerprint density at radius 1 is 1.20 bits per heavy atom. The molecule has 0 radical (unpaired) electrons. The number of hydrogen-bond donors (Lipinski definition) is 1. The summed E-state index contributed by atoms with van der Waals surface area (Å²) >= 11 is 0. The van der Waals surface area contributed by atoms with Gasteiger partial charge in [-0.15, -0.1) is 0 Å². The van der Waals surface area contributed by atoms with E-state index < -0.39 is 39.2 Å². The van der Waals surface area contributed by atoms with E-state index >= 15 is 0 Å². The molecule has 1 heterocycles. The lowest BCUT2D eigenvalue weighted by Gasteiger charge is -2.27. The number of sulfonamides is 1. The first-order valence-corrected chi connectivity index (χ1v) is 8.21. The van der Waals surface area contributed by atoms with E-state index in [1.165, 1.54) is 7.11 Å². The predicted octanol–water partition coefficient (Wildman–Crippen LogP) is 0.207. The largest absolute Gasteiger partial charge is 0.481 e. The van der Waals surface area contributed by atoms with E-state index in [0.717, 1.165) is 4.31 Å². The van der Waals surface area contributed by atoms with Crippen LogP contribution in [0.5, 0.6) is 0 Å². The van der Waals surface area contributed by atoms with Crippen LogP contribution < -0.4 is 0 Å². The molecule has 20 heavy (non-hydrogen) atoms.